The number of ether oxygens (including phenoxy) is 1. The van der Waals surface area contributed by atoms with Crippen LogP contribution in [0.3, 0.4) is 0 Å². The van der Waals surface area contributed by atoms with Crippen LogP contribution in [0.1, 0.15) is 39.0 Å². The molecule has 2 unspecified atom stereocenters. The zero-order valence-corrected chi connectivity index (χ0v) is 14.1. The Balaban J connectivity index is 0.00000200. The minimum Gasteiger partial charge on any atom is -0.381 e. The van der Waals surface area contributed by atoms with Crippen molar-refractivity contribution in [2.24, 2.45) is 5.73 Å². The Hall–Kier alpha value is 0.0300. The molecular weight excluding hydrogens is 296 g/mol. The van der Waals surface area contributed by atoms with Gasteiger partial charge >= 0.3 is 0 Å². The lowest BCUT2D eigenvalue weighted by Gasteiger charge is -2.37. The van der Waals surface area contributed by atoms with Crippen LogP contribution in [0.2, 0.25) is 0 Å². The largest absolute Gasteiger partial charge is 0.381 e. The van der Waals surface area contributed by atoms with Gasteiger partial charge in [0.05, 0.1) is 5.54 Å². The molecule has 2 rings (SSSR count). The number of amides is 1. The van der Waals surface area contributed by atoms with Gasteiger partial charge in [-0.05, 0) is 37.9 Å². The van der Waals surface area contributed by atoms with E-state index >= 15 is 0 Å². The fraction of sp³-hybridized carbons (Fsp3) is 0.929. The van der Waals surface area contributed by atoms with Crippen molar-refractivity contribution in [1.29, 1.82) is 0 Å². The van der Waals surface area contributed by atoms with Crippen LogP contribution >= 0.6 is 24.2 Å². The molecule has 2 fully saturated rings. The van der Waals surface area contributed by atoms with Crippen LogP contribution in [-0.4, -0.2) is 53.7 Å². The number of nitrogens with zero attached hydrogens (tertiary/aromatic N) is 1. The molecule has 0 aromatic rings. The fourth-order valence-corrected chi connectivity index (χ4v) is 4.26. The van der Waals surface area contributed by atoms with Gasteiger partial charge in [-0.3, -0.25) is 4.79 Å². The number of likely N-dealkylation sites (N-methyl/N-ethyl adjacent to an activating group) is 1. The van der Waals surface area contributed by atoms with Crippen LogP contribution in [0, 0.1) is 0 Å². The van der Waals surface area contributed by atoms with E-state index in [1.54, 1.807) is 0 Å². The number of hydrogen-bond donors (Lipinski definition) is 1. The average molecular weight is 323 g/mol. The highest BCUT2D eigenvalue weighted by atomic mass is 35.5. The third-order valence-electron chi connectivity index (χ3n) is 4.44. The van der Waals surface area contributed by atoms with E-state index in [2.05, 4.69) is 6.92 Å². The highest BCUT2D eigenvalue weighted by molar-refractivity contribution is 7.99. The van der Waals surface area contributed by atoms with E-state index in [4.69, 9.17) is 10.5 Å². The maximum atomic E-state index is 12.6. The van der Waals surface area contributed by atoms with Crippen molar-refractivity contribution in [3.8, 4) is 0 Å². The van der Waals surface area contributed by atoms with Gasteiger partial charge in [0.25, 0.3) is 0 Å². The molecule has 2 aliphatic rings. The monoisotopic (exact) mass is 322 g/mol. The number of halogens is 1. The van der Waals surface area contributed by atoms with Gasteiger partial charge < -0.3 is 15.4 Å². The fourth-order valence-electron chi connectivity index (χ4n) is 3.12. The molecule has 0 aromatic heterocycles. The molecule has 1 aliphatic carbocycles. The first-order chi connectivity index (χ1) is 9.07. The van der Waals surface area contributed by atoms with Crippen LogP contribution < -0.4 is 5.73 Å². The van der Waals surface area contributed by atoms with E-state index in [0.717, 1.165) is 18.6 Å². The minimum absolute atomic E-state index is 0. The summed E-state index contributed by atoms with van der Waals surface area (Å²) < 4.78 is 5.32. The summed E-state index contributed by atoms with van der Waals surface area (Å²) in [5.74, 6) is 1.27. The smallest absolute Gasteiger partial charge is 0.242 e. The van der Waals surface area contributed by atoms with E-state index in [-0.39, 0.29) is 18.3 Å². The highest BCUT2D eigenvalue weighted by Crippen LogP contribution is 2.33. The molecule has 1 saturated heterocycles. The Labute approximate surface area is 132 Å². The van der Waals surface area contributed by atoms with E-state index in [9.17, 15) is 4.79 Å². The third-order valence-corrected chi connectivity index (χ3v) is 5.67. The third kappa shape index (κ3) is 4.03. The standard InChI is InChI=1S/C14H26N2O2S.ClH/c1-3-19-12-5-4-11(10-12)16(2)13(17)14(15)6-8-18-9-7-14;/h11-12H,3-10,15H2,1-2H3;1H. The van der Waals surface area contributed by atoms with Crippen molar-refractivity contribution in [2.45, 2.75) is 55.9 Å². The van der Waals surface area contributed by atoms with Crippen molar-refractivity contribution < 1.29 is 9.53 Å². The number of thioether (sulfide) groups is 1. The van der Waals surface area contributed by atoms with Gasteiger partial charge in [-0.15, -0.1) is 12.4 Å². The number of carbonyl (C=O) groups excluding carboxylic acids is 1. The molecule has 4 nitrogen and oxygen atoms in total. The van der Waals surface area contributed by atoms with Crippen LogP contribution in [-0.2, 0) is 9.53 Å². The lowest BCUT2D eigenvalue weighted by Crippen LogP contribution is -2.58. The molecule has 1 amide bonds. The SMILES string of the molecule is CCSC1CCC(N(C)C(=O)C2(N)CCOCC2)C1.Cl. The van der Waals surface area contributed by atoms with Gasteiger partial charge in [0.15, 0.2) is 0 Å². The highest BCUT2D eigenvalue weighted by Gasteiger charge is 2.41. The second kappa shape index (κ2) is 7.87. The molecule has 6 heteroatoms. The maximum absolute atomic E-state index is 12.6. The summed E-state index contributed by atoms with van der Waals surface area (Å²) in [6.07, 6.45) is 4.76. The Kier molecular flexibility index (Phi) is 7.12. The molecule has 1 saturated carbocycles. The summed E-state index contributed by atoms with van der Waals surface area (Å²) in [5, 5.41) is 0.716. The minimum atomic E-state index is -0.691. The van der Waals surface area contributed by atoms with Crippen molar-refractivity contribution in [2.75, 3.05) is 26.0 Å². The first-order valence-corrected chi connectivity index (χ1v) is 8.37. The van der Waals surface area contributed by atoms with Gasteiger partial charge in [-0.2, -0.15) is 11.8 Å². The topological polar surface area (TPSA) is 55.6 Å². The summed E-state index contributed by atoms with van der Waals surface area (Å²) in [6.45, 7) is 3.41. The number of rotatable bonds is 4. The van der Waals surface area contributed by atoms with E-state index < -0.39 is 5.54 Å². The predicted molar refractivity (Wildman–Crippen MR) is 86.5 cm³/mol. The molecule has 0 bridgehead atoms. The second-order valence-corrected chi connectivity index (χ2v) is 7.31. The molecule has 1 aliphatic heterocycles. The average Bonchev–Trinajstić information content (AvgIpc) is 2.87. The Morgan fingerprint density at radius 1 is 1.40 bits per heavy atom. The molecule has 0 spiro atoms. The van der Waals surface area contributed by atoms with Crippen molar-refractivity contribution in [1.82, 2.24) is 4.90 Å². The number of carbonyl (C=O) groups is 1. The summed E-state index contributed by atoms with van der Waals surface area (Å²) in [6, 6.07) is 0.375. The van der Waals surface area contributed by atoms with Crippen molar-refractivity contribution >= 4 is 30.1 Å². The van der Waals surface area contributed by atoms with Gasteiger partial charge in [-0.1, -0.05) is 6.92 Å². The normalized spacial score (nSPS) is 28.8. The van der Waals surface area contributed by atoms with Gasteiger partial charge in [0.1, 0.15) is 0 Å². The van der Waals surface area contributed by atoms with Gasteiger partial charge in [0.2, 0.25) is 5.91 Å². The Bertz CT molecular complexity index is 324. The van der Waals surface area contributed by atoms with Gasteiger partial charge in [-0.25, -0.2) is 0 Å². The number of nitrogens with two attached hydrogens (primary N) is 1. The number of hydrogen-bond acceptors (Lipinski definition) is 4. The Morgan fingerprint density at radius 2 is 2.05 bits per heavy atom. The molecule has 1 heterocycles. The Morgan fingerprint density at radius 3 is 2.65 bits per heavy atom. The van der Waals surface area contributed by atoms with Crippen LogP contribution in [0.5, 0.6) is 0 Å². The lowest BCUT2D eigenvalue weighted by atomic mass is 9.89. The van der Waals surface area contributed by atoms with E-state index in [0.29, 0.717) is 37.3 Å². The maximum Gasteiger partial charge on any atom is 0.242 e. The molecule has 0 radical (unpaired) electrons. The van der Waals surface area contributed by atoms with Crippen molar-refractivity contribution in [3.05, 3.63) is 0 Å². The van der Waals surface area contributed by atoms with E-state index in [1.807, 2.05) is 23.7 Å². The lowest BCUT2D eigenvalue weighted by molar-refractivity contribution is -0.141. The first kappa shape index (κ1) is 18.1. The molecule has 2 atom stereocenters. The second-order valence-electron chi connectivity index (χ2n) is 5.73. The molecule has 20 heavy (non-hydrogen) atoms. The quantitative estimate of drug-likeness (QED) is 0.860. The summed E-state index contributed by atoms with van der Waals surface area (Å²) in [7, 11) is 1.93. The first-order valence-electron chi connectivity index (χ1n) is 7.32. The molecule has 118 valence electrons. The van der Waals surface area contributed by atoms with Gasteiger partial charge in [0, 0.05) is 31.6 Å². The molecular formula is C14H27ClN2O2S. The van der Waals surface area contributed by atoms with Crippen molar-refractivity contribution in [3.63, 3.8) is 0 Å². The zero-order chi connectivity index (χ0) is 13.9. The summed E-state index contributed by atoms with van der Waals surface area (Å²) >= 11 is 2.02. The predicted octanol–water partition coefficient (Wildman–Crippen LogP) is 2.05. The summed E-state index contributed by atoms with van der Waals surface area (Å²) in [4.78, 5) is 14.5. The van der Waals surface area contributed by atoms with Crippen LogP contribution in [0.25, 0.3) is 0 Å². The zero-order valence-electron chi connectivity index (χ0n) is 12.5. The molecule has 0 aromatic carbocycles. The van der Waals surface area contributed by atoms with E-state index in [1.165, 1.54) is 6.42 Å². The molecule has 2 N–H and O–H groups in total. The van der Waals surface area contributed by atoms with Crippen LogP contribution in [0.4, 0.5) is 0 Å². The van der Waals surface area contributed by atoms with Crippen LogP contribution in [0.15, 0.2) is 0 Å². The summed E-state index contributed by atoms with van der Waals surface area (Å²) in [5.41, 5.74) is 5.60.